The number of rotatable bonds is 4. The van der Waals surface area contributed by atoms with Crippen LogP contribution in [0.1, 0.15) is 37.8 Å². The molecule has 0 saturated carbocycles. The lowest BCUT2D eigenvalue weighted by atomic mass is 9.83. The molecule has 3 atom stereocenters. The second-order valence-electron chi connectivity index (χ2n) is 7.34. The van der Waals surface area contributed by atoms with Crippen LogP contribution in [0.4, 0.5) is 0 Å². The molecule has 1 fully saturated rings. The number of alkyl halides is 3. The van der Waals surface area contributed by atoms with Gasteiger partial charge in [0.15, 0.2) is 5.11 Å². The molecule has 1 aromatic rings. The molecule has 28 heavy (non-hydrogen) atoms. The van der Waals surface area contributed by atoms with Crippen LogP contribution >= 0.6 is 47.0 Å². The summed E-state index contributed by atoms with van der Waals surface area (Å²) >= 11 is 23.7. The summed E-state index contributed by atoms with van der Waals surface area (Å²) in [7, 11) is 0. The van der Waals surface area contributed by atoms with Crippen molar-refractivity contribution in [2.45, 2.75) is 48.6 Å². The first-order valence-electron chi connectivity index (χ1n) is 9.30. The third-order valence-corrected chi connectivity index (χ3v) is 6.18. The van der Waals surface area contributed by atoms with E-state index >= 15 is 0 Å². The van der Waals surface area contributed by atoms with Crippen molar-refractivity contribution in [3.8, 4) is 0 Å². The minimum absolute atomic E-state index is 0.0382. The van der Waals surface area contributed by atoms with E-state index < -0.39 is 9.96 Å². The first-order chi connectivity index (χ1) is 13.2. The Morgan fingerprint density at radius 2 is 2.04 bits per heavy atom. The number of aromatic nitrogens is 1. The van der Waals surface area contributed by atoms with Crippen LogP contribution in [0.15, 0.2) is 23.0 Å². The zero-order valence-electron chi connectivity index (χ0n) is 15.5. The van der Waals surface area contributed by atoms with Gasteiger partial charge in [-0.3, -0.25) is 9.59 Å². The van der Waals surface area contributed by atoms with Crippen molar-refractivity contribution < 1.29 is 4.79 Å². The first kappa shape index (κ1) is 21.7. The molecule has 1 aromatic heterocycles. The maximum atomic E-state index is 12.1. The molecule has 2 aliphatic heterocycles. The van der Waals surface area contributed by atoms with Crippen LogP contribution < -0.4 is 16.2 Å². The Morgan fingerprint density at radius 1 is 1.29 bits per heavy atom. The number of carbonyl (C=O) groups excluding carboxylic acids is 1. The van der Waals surface area contributed by atoms with Gasteiger partial charge in [0.1, 0.15) is 6.17 Å². The van der Waals surface area contributed by atoms with E-state index in [1.165, 1.54) is 0 Å². The number of likely N-dealkylation sites (tertiary alicyclic amines) is 1. The summed E-state index contributed by atoms with van der Waals surface area (Å²) < 4.78 is 0.112. The molecule has 0 aliphatic carbocycles. The molecular formula is C18H23Cl3N4O2S. The number of hydrogen-bond acceptors (Lipinski definition) is 3. The Balaban J connectivity index is 1.71. The number of hydrogen-bond donors (Lipinski definition) is 2. The zero-order valence-corrected chi connectivity index (χ0v) is 18.5. The highest BCUT2D eigenvalue weighted by molar-refractivity contribution is 7.80. The minimum Gasteiger partial charge on any atom is -0.348 e. The summed E-state index contributed by atoms with van der Waals surface area (Å²) in [4.78, 5) is 26.2. The Hall–Kier alpha value is -1.02. The summed E-state index contributed by atoms with van der Waals surface area (Å²) in [6.07, 6.45) is 1.12. The van der Waals surface area contributed by atoms with Crippen LogP contribution in [0.3, 0.4) is 0 Å². The van der Waals surface area contributed by atoms with Gasteiger partial charge in [-0.25, -0.2) is 0 Å². The summed E-state index contributed by atoms with van der Waals surface area (Å²) in [6, 6.07) is 5.39. The van der Waals surface area contributed by atoms with Gasteiger partial charge in [-0.2, -0.15) is 0 Å². The number of nitrogens with one attached hydrogen (secondary N) is 2. The van der Waals surface area contributed by atoms with Crippen molar-refractivity contribution in [1.82, 2.24) is 20.1 Å². The lowest BCUT2D eigenvalue weighted by Crippen LogP contribution is -2.60. The van der Waals surface area contributed by atoms with Crippen molar-refractivity contribution in [2.24, 2.45) is 5.92 Å². The number of nitrogens with zero attached hydrogens (tertiary/aromatic N) is 2. The predicted octanol–water partition coefficient (Wildman–Crippen LogP) is 2.75. The van der Waals surface area contributed by atoms with Crippen molar-refractivity contribution in [3.05, 3.63) is 34.2 Å². The monoisotopic (exact) mass is 464 g/mol. The molecule has 10 heteroatoms. The minimum atomic E-state index is -1.75. The number of fused-ring (bicyclic) bond motifs is 4. The van der Waals surface area contributed by atoms with Gasteiger partial charge in [-0.05, 0) is 37.0 Å². The number of thiocarbonyl (C=S) groups is 1. The van der Waals surface area contributed by atoms with Crippen molar-refractivity contribution in [3.63, 3.8) is 0 Å². The fraction of sp³-hybridized carbons (Fsp3) is 0.611. The third kappa shape index (κ3) is 4.93. The van der Waals surface area contributed by atoms with E-state index in [0.717, 1.165) is 12.1 Å². The van der Waals surface area contributed by atoms with Gasteiger partial charge in [0.2, 0.25) is 9.70 Å². The quantitative estimate of drug-likeness (QED) is 0.407. The Morgan fingerprint density at radius 3 is 2.71 bits per heavy atom. The van der Waals surface area contributed by atoms with Crippen LogP contribution in [0.2, 0.25) is 0 Å². The van der Waals surface area contributed by atoms with Crippen LogP contribution in [-0.2, 0) is 11.3 Å². The molecule has 0 spiro atoms. The van der Waals surface area contributed by atoms with E-state index in [9.17, 15) is 9.59 Å². The molecule has 154 valence electrons. The fourth-order valence-electron chi connectivity index (χ4n) is 3.94. The molecule has 3 rings (SSSR count). The topological polar surface area (TPSA) is 66.4 Å². The molecule has 2 bridgehead atoms. The molecule has 0 aromatic carbocycles. The zero-order chi connectivity index (χ0) is 20.5. The number of carbonyl (C=O) groups is 1. The standard InChI is InChI=1S/C18H23Cl3N4O2S/c1-2-4-14(26)22-16(18(19,20)21)23-17(28)24-8-11-7-12(10-24)13-5-3-6-15(27)25(13)9-11/h3,5-6,11-12,16H,2,4,7-10H2,1H3,(H,22,26)(H,23,28)/t11-,12?,16?/m0/s1. The average molecular weight is 466 g/mol. The molecule has 3 heterocycles. The highest BCUT2D eigenvalue weighted by Gasteiger charge is 2.38. The van der Waals surface area contributed by atoms with Crippen molar-refractivity contribution in [1.29, 1.82) is 0 Å². The SMILES string of the molecule is CCCC(=O)NC(NC(=S)N1CC2C[C@@H](C1)Cn1c2cccc1=O)C(Cl)(Cl)Cl. The Labute approximate surface area is 184 Å². The van der Waals surface area contributed by atoms with Gasteiger partial charge in [-0.1, -0.05) is 47.8 Å². The molecule has 2 aliphatic rings. The Kier molecular flexibility index (Phi) is 6.80. The molecule has 0 radical (unpaired) electrons. The highest BCUT2D eigenvalue weighted by atomic mass is 35.6. The van der Waals surface area contributed by atoms with E-state index in [2.05, 4.69) is 10.6 Å². The number of pyridine rings is 1. The molecular weight excluding hydrogens is 443 g/mol. The van der Waals surface area contributed by atoms with E-state index in [1.807, 2.05) is 22.5 Å². The first-order valence-corrected chi connectivity index (χ1v) is 10.8. The maximum Gasteiger partial charge on any atom is 0.250 e. The summed E-state index contributed by atoms with van der Waals surface area (Å²) in [5, 5.41) is 6.12. The van der Waals surface area contributed by atoms with E-state index in [4.69, 9.17) is 47.0 Å². The highest BCUT2D eigenvalue weighted by Crippen LogP contribution is 2.35. The van der Waals surface area contributed by atoms with Crippen molar-refractivity contribution in [2.75, 3.05) is 13.1 Å². The van der Waals surface area contributed by atoms with Gasteiger partial charge in [-0.15, -0.1) is 0 Å². The smallest absolute Gasteiger partial charge is 0.250 e. The van der Waals surface area contributed by atoms with Crippen LogP contribution in [-0.4, -0.2) is 43.5 Å². The van der Waals surface area contributed by atoms with Gasteiger partial charge in [0.25, 0.3) is 5.56 Å². The third-order valence-electron chi connectivity index (χ3n) is 5.14. The van der Waals surface area contributed by atoms with Crippen molar-refractivity contribution >= 4 is 58.0 Å². The molecule has 2 N–H and O–H groups in total. The van der Waals surface area contributed by atoms with E-state index in [-0.39, 0.29) is 17.4 Å². The second-order valence-corrected chi connectivity index (χ2v) is 10.1. The lowest BCUT2D eigenvalue weighted by Gasteiger charge is -2.44. The number of amides is 1. The largest absolute Gasteiger partial charge is 0.348 e. The molecule has 1 saturated heterocycles. The van der Waals surface area contributed by atoms with Crippen LogP contribution in [0.25, 0.3) is 0 Å². The Bertz CT molecular complexity index is 811. The van der Waals surface area contributed by atoms with E-state index in [0.29, 0.717) is 43.5 Å². The summed E-state index contributed by atoms with van der Waals surface area (Å²) in [6.45, 7) is 3.95. The fourth-order valence-corrected chi connectivity index (χ4v) is 4.53. The van der Waals surface area contributed by atoms with Crippen LogP contribution in [0, 0.1) is 5.92 Å². The van der Waals surface area contributed by atoms with Gasteiger partial charge in [0, 0.05) is 43.7 Å². The van der Waals surface area contributed by atoms with Gasteiger partial charge in [0.05, 0.1) is 0 Å². The summed E-state index contributed by atoms with van der Waals surface area (Å²) in [5.74, 6) is 0.312. The maximum absolute atomic E-state index is 12.1. The van der Waals surface area contributed by atoms with Crippen LogP contribution in [0.5, 0.6) is 0 Å². The number of halogens is 3. The predicted molar refractivity (Wildman–Crippen MR) is 116 cm³/mol. The average Bonchev–Trinajstić information content (AvgIpc) is 2.61. The molecule has 2 unspecified atom stereocenters. The van der Waals surface area contributed by atoms with Gasteiger partial charge < -0.3 is 20.1 Å². The van der Waals surface area contributed by atoms with E-state index in [1.54, 1.807) is 12.1 Å². The molecule has 6 nitrogen and oxygen atoms in total. The van der Waals surface area contributed by atoms with Gasteiger partial charge >= 0.3 is 0 Å². The second kappa shape index (κ2) is 8.78. The lowest BCUT2D eigenvalue weighted by molar-refractivity contribution is -0.121. The molecule has 1 amide bonds. The normalized spacial score (nSPS) is 22.2. The summed E-state index contributed by atoms with van der Waals surface area (Å²) in [5.41, 5.74) is 1.07. The number of piperidine rings is 1.